The van der Waals surface area contributed by atoms with Crippen molar-refractivity contribution in [2.75, 3.05) is 32.8 Å². The Labute approximate surface area is 353 Å². The number of hydrogen-bond acceptors (Lipinski definition) is 8. The number of alkyl halides is 6. The second-order valence-corrected chi connectivity index (χ2v) is 17.9. The summed E-state index contributed by atoms with van der Waals surface area (Å²) in [7, 11) is -8.03. The number of benzene rings is 2. The molecular weight excluding hydrogens is 873 g/mol. The zero-order valence-electron chi connectivity index (χ0n) is 32.3. The minimum absolute atomic E-state index is 0. The normalized spacial score (nSPS) is 19.7. The Kier molecular flexibility index (Phi) is 20.0. The van der Waals surface area contributed by atoms with E-state index in [0.29, 0.717) is 44.8 Å². The second-order valence-electron chi connectivity index (χ2n) is 13.8. The van der Waals surface area contributed by atoms with Gasteiger partial charge in [0.05, 0.1) is 20.9 Å². The van der Waals surface area contributed by atoms with Gasteiger partial charge in [0.15, 0.2) is 0 Å². The van der Waals surface area contributed by atoms with Crippen molar-refractivity contribution in [3.8, 4) is 0 Å². The van der Waals surface area contributed by atoms with Gasteiger partial charge in [-0.1, -0.05) is 25.3 Å². The van der Waals surface area contributed by atoms with Crippen molar-refractivity contribution in [2.45, 2.75) is 105 Å². The van der Waals surface area contributed by atoms with Crippen LogP contribution in [0.15, 0.2) is 83.6 Å². The fraction of sp³-hybridized carbons (Fsp3) is 0.526. The molecule has 2 saturated carbocycles. The number of rotatable bonds is 10. The Morgan fingerprint density at radius 3 is 1.58 bits per heavy atom. The van der Waals surface area contributed by atoms with Gasteiger partial charge in [-0.15, -0.1) is 12.4 Å². The molecule has 2 N–H and O–H groups in total. The van der Waals surface area contributed by atoms with Gasteiger partial charge in [0, 0.05) is 50.4 Å². The minimum atomic E-state index is -4.62. The molecule has 2 aromatic carbocycles. The van der Waals surface area contributed by atoms with Crippen LogP contribution < -0.4 is 5.32 Å². The molecule has 4 aliphatic rings. The number of hydrogen-bond donors (Lipinski definition) is 2. The molecule has 0 bridgehead atoms. The molecule has 2 atom stereocenters. The summed E-state index contributed by atoms with van der Waals surface area (Å²) in [5.74, 6) is -0.271. The first-order valence-corrected chi connectivity index (χ1v) is 21.9. The quantitative estimate of drug-likeness (QED) is 0.147. The molecule has 2 aliphatic heterocycles. The number of carbonyl (C=O) groups excluding carboxylic acids is 2. The SMILES string of the molecule is C=CC(=O)Cl.C=CC(=O)N1CCCC(N(C2CC2)S(=O)(=O)c2cccc(C(F)(F)F)c2)C1.CCO.Cl.O=S(=O)(c1cccc(C(F)(F)F)c1)N(C1CC1)C1CCCNC1. The average Bonchev–Trinajstić information content (AvgIpc) is 4.13. The molecule has 2 heterocycles. The topological polar surface area (TPSA) is 144 Å². The van der Waals surface area contributed by atoms with E-state index in [1.807, 2.05) is 0 Å². The summed E-state index contributed by atoms with van der Waals surface area (Å²) in [6.45, 7) is 10.6. The van der Waals surface area contributed by atoms with Crippen LogP contribution in [0.1, 0.15) is 69.4 Å². The van der Waals surface area contributed by atoms with Crippen molar-refractivity contribution in [2.24, 2.45) is 0 Å². The highest BCUT2D eigenvalue weighted by Crippen LogP contribution is 2.39. The maximum absolute atomic E-state index is 13.2. The van der Waals surface area contributed by atoms with Crippen LogP contribution in [0, 0.1) is 0 Å². The Balaban J connectivity index is 0.000000342. The first-order valence-electron chi connectivity index (χ1n) is 18.6. The average molecular weight is 924 g/mol. The van der Waals surface area contributed by atoms with Gasteiger partial charge in [-0.05, 0) is 125 Å². The summed E-state index contributed by atoms with van der Waals surface area (Å²) in [5, 5.41) is 10.2. The Bertz CT molecular complexity index is 1940. The third kappa shape index (κ3) is 15.1. The fourth-order valence-corrected chi connectivity index (χ4v) is 10.4. The zero-order valence-corrected chi connectivity index (χ0v) is 35.5. The number of aliphatic hydroxyl groups excluding tert-OH is 1. The predicted molar refractivity (Wildman–Crippen MR) is 214 cm³/mol. The van der Waals surface area contributed by atoms with Crippen molar-refractivity contribution >= 4 is 55.2 Å². The number of nitrogens with zero attached hydrogens (tertiary/aromatic N) is 3. The van der Waals surface area contributed by atoms with E-state index in [9.17, 15) is 52.8 Å². The van der Waals surface area contributed by atoms with E-state index in [4.69, 9.17) is 16.7 Å². The van der Waals surface area contributed by atoms with Crippen molar-refractivity contribution in [3.05, 3.63) is 85.0 Å². The smallest absolute Gasteiger partial charge is 0.397 e. The summed E-state index contributed by atoms with van der Waals surface area (Å²) in [4.78, 5) is 22.3. The van der Waals surface area contributed by atoms with E-state index < -0.39 is 54.8 Å². The van der Waals surface area contributed by atoms with Gasteiger partial charge < -0.3 is 15.3 Å². The van der Waals surface area contributed by atoms with Crippen LogP contribution in [0.3, 0.4) is 0 Å². The largest absolute Gasteiger partial charge is 0.416 e. The van der Waals surface area contributed by atoms with Crippen LogP contribution in [0.2, 0.25) is 0 Å². The van der Waals surface area contributed by atoms with E-state index in [2.05, 4.69) is 18.5 Å². The van der Waals surface area contributed by atoms with Crippen molar-refractivity contribution in [1.82, 2.24) is 18.8 Å². The molecule has 2 aromatic rings. The lowest BCUT2D eigenvalue weighted by atomic mass is 10.1. The lowest BCUT2D eigenvalue weighted by Gasteiger charge is -2.38. The summed E-state index contributed by atoms with van der Waals surface area (Å²) in [6.07, 6.45) is -1.25. The summed E-state index contributed by atoms with van der Waals surface area (Å²) >= 11 is 4.71. The van der Waals surface area contributed by atoms with Gasteiger partial charge in [-0.25, -0.2) is 16.8 Å². The second kappa shape index (κ2) is 22.7. The number of likely N-dealkylation sites (tertiary alicyclic amines) is 1. The number of piperidine rings is 2. The van der Waals surface area contributed by atoms with E-state index in [1.165, 1.54) is 31.7 Å². The monoisotopic (exact) mass is 922 g/mol. The van der Waals surface area contributed by atoms with Crippen LogP contribution in [-0.4, -0.2) is 104 Å². The molecular formula is C38H50Cl2F6N4O7S2. The lowest BCUT2D eigenvalue weighted by Crippen LogP contribution is -2.52. The number of allylic oxidation sites excluding steroid dienone is 1. The van der Waals surface area contributed by atoms with Gasteiger partial charge in [0.1, 0.15) is 0 Å². The molecule has 2 saturated heterocycles. The molecule has 0 aromatic heterocycles. The maximum atomic E-state index is 13.2. The number of carbonyl (C=O) groups is 2. The van der Waals surface area contributed by atoms with Crippen molar-refractivity contribution in [3.63, 3.8) is 0 Å². The van der Waals surface area contributed by atoms with Crippen LogP contribution in [0.5, 0.6) is 0 Å². The standard InChI is InChI=1S/C18H21F3N2O3S.C15H19F3N2O2S.C3H3ClO.C2H6O.ClH/c1-2-17(24)22-10-4-6-15(12-22)23(14-8-9-14)27(25,26)16-7-3-5-13(11-16)18(19,20)21;16-15(17,18)11-3-1-5-14(9-11)23(21,22)20(12-6-7-12)13-4-2-8-19-10-13;1-2-3(4)5;1-2-3;/h2-3,5,7,11,14-15H,1,4,6,8-10,12H2;1,3,5,9,12-13,19H,2,4,6-8,10H2;2H,1H2;3H,2H2,1H3;1H. The molecule has 4 fully saturated rings. The van der Waals surface area contributed by atoms with Crippen molar-refractivity contribution < 1.29 is 57.9 Å². The van der Waals surface area contributed by atoms with Crippen LogP contribution >= 0.6 is 24.0 Å². The lowest BCUT2D eigenvalue weighted by molar-refractivity contribution is -0.138. The number of aliphatic hydroxyl groups is 1. The highest BCUT2D eigenvalue weighted by atomic mass is 35.5. The Morgan fingerprint density at radius 2 is 1.22 bits per heavy atom. The summed E-state index contributed by atoms with van der Waals surface area (Å²) < 4.78 is 133. The molecule has 2 aliphatic carbocycles. The van der Waals surface area contributed by atoms with Gasteiger partial charge >= 0.3 is 12.4 Å². The summed E-state index contributed by atoms with van der Waals surface area (Å²) in [5.41, 5.74) is -1.93. The van der Waals surface area contributed by atoms with Crippen LogP contribution in [0.4, 0.5) is 26.3 Å². The highest BCUT2D eigenvalue weighted by Gasteiger charge is 2.46. The molecule has 59 heavy (non-hydrogen) atoms. The minimum Gasteiger partial charge on any atom is -0.397 e. The van der Waals surface area contributed by atoms with E-state index >= 15 is 0 Å². The van der Waals surface area contributed by atoms with Crippen LogP contribution in [0.25, 0.3) is 0 Å². The van der Waals surface area contributed by atoms with E-state index in [0.717, 1.165) is 68.6 Å². The molecule has 6 rings (SSSR count). The Hall–Kier alpha value is -3.04. The molecule has 11 nitrogen and oxygen atoms in total. The number of nitrogens with one attached hydrogen (secondary N) is 1. The number of halogens is 8. The van der Waals surface area contributed by atoms with Gasteiger partial charge in [0.2, 0.25) is 31.2 Å². The van der Waals surface area contributed by atoms with Crippen molar-refractivity contribution in [1.29, 1.82) is 0 Å². The zero-order chi connectivity index (χ0) is 43.5. The molecule has 0 spiro atoms. The van der Waals surface area contributed by atoms with Gasteiger partial charge in [-0.3, -0.25) is 9.59 Å². The number of amides is 1. The number of sulfonamides is 2. The predicted octanol–water partition coefficient (Wildman–Crippen LogP) is 7.00. The third-order valence-electron chi connectivity index (χ3n) is 9.32. The maximum Gasteiger partial charge on any atom is 0.416 e. The molecule has 21 heteroatoms. The summed E-state index contributed by atoms with van der Waals surface area (Å²) in [6, 6.07) is 6.91. The van der Waals surface area contributed by atoms with Gasteiger partial charge in [0.25, 0.3) is 0 Å². The Morgan fingerprint density at radius 1 is 0.797 bits per heavy atom. The van der Waals surface area contributed by atoms with E-state index in [1.54, 1.807) is 6.92 Å². The highest BCUT2D eigenvalue weighted by molar-refractivity contribution is 7.89. The van der Waals surface area contributed by atoms with Crippen LogP contribution in [-0.2, 0) is 42.0 Å². The third-order valence-corrected chi connectivity index (χ3v) is 13.5. The molecule has 332 valence electrons. The first kappa shape index (κ1) is 52.1. The molecule has 1 amide bonds. The molecule has 2 unspecified atom stereocenters. The van der Waals surface area contributed by atoms with Gasteiger partial charge in [-0.2, -0.15) is 35.0 Å². The fourth-order valence-electron chi connectivity index (χ4n) is 6.49. The molecule has 0 radical (unpaired) electrons. The first-order chi connectivity index (χ1) is 27.1. The van der Waals surface area contributed by atoms with E-state index in [-0.39, 0.29) is 59.4 Å².